The summed E-state index contributed by atoms with van der Waals surface area (Å²) in [6, 6.07) is 12.5. The van der Waals surface area contributed by atoms with Gasteiger partial charge in [-0.05, 0) is 31.0 Å². The van der Waals surface area contributed by atoms with Crippen molar-refractivity contribution in [1.29, 1.82) is 0 Å². The van der Waals surface area contributed by atoms with Crippen LogP contribution in [0, 0.1) is 12.7 Å². The summed E-state index contributed by atoms with van der Waals surface area (Å²) in [5, 5.41) is 0.314. The highest BCUT2D eigenvalue weighted by Gasteiger charge is 2.11. The molecule has 2 rings (SSSR count). The van der Waals surface area contributed by atoms with Crippen LogP contribution >= 0.6 is 11.6 Å². The molecule has 0 saturated heterocycles. The largest absolute Gasteiger partial charge is 0.299 e. The molecule has 0 fully saturated rings. The van der Waals surface area contributed by atoms with E-state index in [0.717, 1.165) is 5.56 Å². The molecule has 0 aliphatic rings. The number of aryl methyl sites for hydroxylation is 2. The van der Waals surface area contributed by atoms with Crippen LogP contribution in [0.1, 0.15) is 23.1 Å². The average molecular weight is 291 g/mol. The second-order valence-electron chi connectivity index (χ2n) is 4.90. The standard InChI is InChI=1S/C17H16ClFO/c1-12-5-7-13(8-6-12)9-10-14(20)11-15-16(18)3-2-4-17(15)19/h2-8H,9-11H2,1H3. The van der Waals surface area contributed by atoms with E-state index in [1.807, 2.05) is 31.2 Å². The van der Waals surface area contributed by atoms with Crippen molar-refractivity contribution in [2.75, 3.05) is 0 Å². The predicted molar refractivity (Wildman–Crippen MR) is 79.6 cm³/mol. The molecule has 0 heterocycles. The maximum absolute atomic E-state index is 13.6. The van der Waals surface area contributed by atoms with E-state index in [1.54, 1.807) is 6.07 Å². The Morgan fingerprint density at radius 3 is 2.50 bits per heavy atom. The van der Waals surface area contributed by atoms with Crippen LogP contribution in [0.15, 0.2) is 42.5 Å². The van der Waals surface area contributed by atoms with Crippen molar-refractivity contribution in [1.82, 2.24) is 0 Å². The first-order chi connectivity index (χ1) is 9.56. The monoisotopic (exact) mass is 290 g/mol. The van der Waals surface area contributed by atoms with E-state index in [2.05, 4.69) is 0 Å². The van der Waals surface area contributed by atoms with Gasteiger partial charge in [0, 0.05) is 23.4 Å². The zero-order chi connectivity index (χ0) is 14.5. The Morgan fingerprint density at radius 2 is 1.85 bits per heavy atom. The molecule has 2 aromatic rings. The number of halogens is 2. The van der Waals surface area contributed by atoms with E-state index < -0.39 is 5.82 Å². The molecule has 0 aliphatic carbocycles. The first-order valence-corrected chi connectivity index (χ1v) is 6.94. The fourth-order valence-electron chi connectivity index (χ4n) is 2.03. The smallest absolute Gasteiger partial charge is 0.137 e. The average Bonchev–Trinajstić information content (AvgIpc) is 2.42. The summed E-state index contributed by atoms with van der Waals surface area (Å²) in [6.07, 6.45) is 1.12. The summed E-state index contributed by atoms with van der Waals surface area (Å²) >= 11 is 5.92. The van der Waals surface area contributed by atoms with Crippen LogP contribution in [0.4, 0.5) is 4.39 Å². The Labute approximate surface area is 123 Å². The van der Waals surface area contributed by atoms with E-state index in [4.69, 9.17) is 11.6 Å². The molecule has 0 amide bonds. The lowest BCUT2D eigenvalue weighted by Gasteiger charge is -2.05. The van der Waals surface area contributed by atoms with Crippen LogP contribution in [0.3, 0.4) is 0 Å². The van der Waals surface area contributed by atoms with Crippen LogP contribution in [0.5, 0.6) is 0 Å². The molecule has 0 aliphatic heterocycles. The van der Waals surface area contributed by atoms with Gasteiger partial charge in [-0.1, -0.05) is 47.5 Å². The lowest BCUT2D eigenvalue weighted by atomic mass is 10.0. The molecule has 1 nitrogen and oxygen atoms in total. The molecule has 0 unspecified atom stereocenters. The second-order valence-corrected chi connectivity index (χ2v) is 5.31. The molecule has 0 aromatic heterocycles. The normalized spacial score (nSPS) is 10.6. The number of hydrogen-bond acceptors (Lipinski definition) is 1. The molecule has 0 spiro atoms. The van der Waals surface area contributed by atoms with Gasteiger partial charge in [-0.2, -0.15) is 0 Å². The van der Waals surface area contributed by atoms with E-state index >= 15 is 0 Å². The Morgan fingerprint density at radius 1 is 1.15 bits per heavy atom. The van der Waals surface area contributed by atoms with Crippen molar-refractivity contribution in [3.8, 4) is 0 Å². The Balaban J connectivity index is 1.94. The minimum atomic E-state index is -0.416. The van der Waals surface area contributed by atoms with Crippen molar-refractivity contribution in [3.05, 3.63) is 70.0 Å². The number of carbonyl (C=O) groups excluding carboxylic acids is 1. The summed E-state index contributed by atoms with van der Waals surface area (Å²) in [6.45, 7) is 2.02. The minimum absolute atomic E-state index is 0.00225. The summed E-state index contributed by atoms with van der Waals surface area (Å²) in [7, 11) is 0. The zero-order valence-corrected chi connectivity index (χ0v) is 12.1. The zero-order valence-electron chi connectivity index (χ0n) is 11.3. The topological polar surface area (TPSA) is 17.1 Å². The lowest BCUT2D eigenvalue weighted by Crippen LogP contribution is -2.06. The maximum atomic E-state index is 13.6. The number of benzene rings is 2. The first-order valence-electron chi connectivity index (χ1n) is 6.56. The van der Waals surface area contributed by atoms with Gasteiger partial charge in [-0.25, -0.2) is 4.39 Å². The minimum Gasteiger partial charge on any atom is -0.299 e. The molecule has 0 N–H and O–H groups in total. The van der Waals surface area contributed by atoms with Crippen LogP contribution in [-0.2, 0) is 17.6 Å². The number of hydrogen-bond donors (Lipinski definition) is 0. The molecule has 0 saturated carbocycles. The molecular weight excluding hydrogens is 275 g/mol. The van der Waals surface area contributed by atoms with Gasteiger partial charge in [0.15, 0.2) is 0 Å². The number of ketones is 1. The molecule has 0 bridgehead atoms. The third kappa shape index (κ3) is 3.91. The van der Waals surface area contributed by atoms with Crippen LogP contribution in [0.25, 0.3) is 0 Å². The third-order valence-electron chi connectivity index (χ3n) is 3.25. The SMILES string of the molecule is Cc1ccc(CCC(=O)Cc2c(F)cccc2Cl)cc1. The van der Waals surface area contributed by atoms with Crippen LogP contribution in [0.2, 0.25) is 5.02 Å². The first kappa shape index (κ1) is 14.7. The molecule has 104 valence electrons. The number of Topliss-reactive ketones (excluding diaryl/α,β-unsaturated/α-hetero) is 1. The van der Waals surface area contributed by atoms with Gasteiger partial charge in [0.05, 0.1) is 0 Å². The van der Waals surface area contributed by atoms with Crippen molar-refractivity contribution < 1.29 is 9.18 Å². The quantitative estimate of drug-likeness (QED) is 0.790. The fraction of sp³-hybridized carbons (Fsp3) is 0.235. The van der Waals surface area contributed by atoms with Gasteiger partial charge < -0.3 is 0 Å². The molecule has 3 heteroatoms. The molecule has 20 heavy (non-hydrogen) atoms. The van der Waals surface area contributed by atoms with Gasteiger partial charge in [0.2, 0.25) is 0 Å². The van der Waals surface area contributed by atoms with Crippen molar-refractivity contribution in [3.63, 3.8) is 0 Å². The van der Waals surface area contributed by atoms with Crippen LogP contribution in [-0.4, -0.2) is 5.78 Å². The highest BCUT2D eigenvalue weighted by atomic mass is 35.5. The Bertz CT molecular complexity index is 585. The summed E-state index contributed by atoms with van der Waals surface area (Å²) < 4.78 is 13.6. The molecule has 0 atom stereocenters. The van der Waals surface area contributed by atoms with Gasteiger partial charge in [0.25, 0.3) is 0 Å². The Hall–Kier alpha value is -1.67. The fourth-order valence-corrected chi connectivity index (χ4v) is 2.26. The summed E-state index contributed by atoms with van der Waals surface area (Å²) in [5.41, 5.74) is 2.60. The lowest BCUT2D eigenvalue weighted by molar-refractivity contribution is -0.118. The number of carbonyl (C=O) groups is 1. The molecule has 2 aromatic carbocycles. The van der Waals surface area contributed by atoms with Crippen molar-refractivity contribution in [2.45, 2.75) is 26.2 Å². The molecular formula is C17H16ClFO. The van der Waals surface area contributed by atoms with Crippen molar-refractivity contribution in [2.24, 2.45) is 0 Å². The number of rotatable bonds is 5. The van der Waals surface area contributed by atoms with Gasteiger partial charge in [-0.15, -0.1) is 0 Å². The summed E-state index contributed by atoms with van der Waals surface area (Å²) in [4.78, 5) is 11.9. The predicted octanol–water partition coefficient (Wildman–Crippen LogP) is 4.53. The maximum Gasteiger partial charge on any atom is 0.137 e. The van der Waals surface area contributed by atoms with Gasteiger partial charge in [0.1, 0.15) is 11.6 Å². The van der Waals surface area contributed by atoms with E-state index in [1.165, 1.54) is 17.7 Å². The third-order valence-corrected chi connectivity index (χ3v) is 3.60. The summed E-state index contributed by atoms with van der Waals surface area (Å²) in [5.74, 6) is -0.418. The highest BCUT2D eigenvalue weighted by molar-refractivity contribution is 6.31. The van der Waals surface area contributed by atoms with E-state index in [0.29, 0.717) is 23.4 Å². The van der Waals surface area contributed by atoms with Crippen LogP contribution < -0.4 is 0 Å². The molecule has 0 radical (unpaired) electrons. The van der Waals surface area contributed by atoms with E-state index in [-0.39, 0.29) is 12.2 Å². The van der Waals surface area contributed by atoms with Crippen molar-refractivity contribution >= 4 is 17.4 Å². The van der Waals surface area contributed by atoms with Gasteiger partial charge in [-0.3, -0.25) is 4.79 Å². The van der Waals surface area contributed by atoms with E-state index in [9.17, 15) is 9.18 Å². The second kappa shape index (κ2) is 6.67. The Kier molecular flexibility index (Phi) is 4.91. The van der Waals surface area contributed by atoms with Gasteiger partial charge >= 0.3 is 0 Å². The highest BCUT2D eigenvalue weighted by Crippen LogP contribution is 2.20.